The summed E-state index contributed by atoms with van der Waals surface area (Å²) in [6.07, 6.45) is 0. The Bertz CT molecular complexity index is 1190. The molecule has 0 saturated carbocycles. The molecule has 0 aromatic heterocycles. The van der Waals surface area contributed by atoms with E-state index in [9.17, 15) is 15.2 Å². The minimum Gasteiger partial charge on any atom is -0.481 e. The van der Waals surface area contributed by atoms with Crippen molar-refractivity contribution < 1.29 is 9.90 Å². The van der Waals surface area contributed by atoms with E-state index in [2.05, 4.69) is 47.1 Å². The number of nitrogens with one attached hydrogen (secondary N) is 3. The summed E-state index contributed by atoms with van der Waals surface area (Å²) in [5, 5.41) is 29.8. The van der Waals surface area contributed by atoms with Gasteiger partial charge in [-0.25, -0.2) is 0 Å². The van der Waals surface area contributed by atoms with Crippen LogP contribution in [0.25, 0.3) is 0 Å². The van der Waals surface area contributed by atoms with Crippen LogP contribution in [0.2, 0.25) is 0 Å². The van der Waals surface area contributed by atoms with Gasteiger partial charge >= 0.3 is 5.97 Å². The van der Waals surface area contributed by atoms with Gasteiger partial charge in [0.2, 0.25) is 0 Å². The minimum absolute atomic E-state index is 0.0113. The lowest BCUT2D eigenvalue weighted by molar-refractivity contribution is -0.138. The summed E-state index contributed by atoms with van der Waals surface area (Å²) in [6, 6.07) is 26.2. The summed E-state index contributed by atoms with van der Waals surface area (Å²) in [6.45, 7) is 5.30. The molecule has 1 aliphatic heterocycles. The number of fused-ring (bicyclic) bond motifs is 1. The van der Waals surface area contributed by atoms with Crippen molar-refractivity contribution in [3.63, 3.8) is 0 Å². The van der Waals surface area contributed by atoms with Crippen molar-refractivity contribution in [1.29, 1.82) is 5.26 Å². The predicted molar refractivity (Wildman–Crippen MR) is 135 cm³/mol. The predicted octanol–water partition coefficient (Wildman–Crippen LogP) is 5.09. The highest BCUT2D eigenvalue weighted by molar-refractivity contribution is 5.77. The normalized spacial score (nSPS) is 17.3. The number of carbonyl (C=O) groups is 1. The van der Waals surface area contributed by atoms with Gasteiger partial charge < -0.3 is 21.1 Å². The summed E-state index contributed by atoms with van der Waals surface area (Å²) >= 11 is 0. The van der Waals surface area contributed by atoms with Crippen molar-refractivity contribution in [2.24, 2.45) is 0 Å². The van der Waals surface area contributed by atoms with Crippen molar-refractivity contribution in [3.05, 3.63) is 95.1 Å². The second-order valence-electron chi connectivity index (χ2n) is 8.90. The molecule has 0 unspecified atom stereocenters. The zero-order chi connectivity index (χ0) is 24.1. The lowest BCUT2D eigenvalue weighted by Crippen LogP contribution is -2.45. The quantitative estimate of drug-likeness (QED) is 0.379. The SMILES string of the molecule is C[C@@H](CN[C@H](c1ccccc1)[C@H]1CNc2cccc(C#N)c2N1)c1cccc([C@@H](C)C(=O)O)c1. The number of aliphatic carboxylic acids is 1. The molecule has 174 valence electrons. The Hall–Kier alpha value is -3.82. The Morgan fingerprint density at radius 3 is 2.50 bits per heavy atom. The molecule has 0 spiro atoms. The molecule has 1 aliphatic rings. The number of rotatable bonds is 8. The molecule has 3 aromatic rings. The van der Waals surface area contributed by atoms with E-state index in [-0.39, 0.29) is 18.0 Å². The Morgan fingerprint density at radius 2 is 1.76 bits per heavy atom. The monoisotopic (exact) mass is 454 g/mol. The zero-order valence-corrected chi connectivity index (χ0v) is 19.5. The number of carboxylic acid groups (broad SMARTS) is 1. The molecule has 0 saturated heterocycles. The van der Waals surface area contributed by atoms with Crippen LogP contribution in [0.4, 0.5) is 11.4 Å². The molecular weight excluding hydrogens is 424 g/mol. The molecule has 34 heavy (non-hydrogen) atoms. The Kier molecular flexibility index (Phi) is 7.15. The molecule has 0 radical (unpaired) electrons. The summed E-state index contributed by atoms with van der Waals surface area (Å²) in [7, 11) is 0. The molecule has 1 heterocycles. The van der Waals surface area contributed by atoms with E-state index in [0.29, 0.717) is 12.1 Å². The van der Waals surface area contributed by atoms with Crippen LogP contribution in [-0.4, -0.2) is 30.2 Å². The Morgan fingerprint density at radius 1 is 1.06 bits per heavy atom. The smallest absolute Gasteiger partial charge is 0.310 e. The fourth-order valence-electron chi connectivity index (χ4n) is 4.46. The molecule has 4 rings (SSSR count). The van der Waals surface area contributed by atoms with Gasteiger partial charge in [0.25, 0.3) is 0 Å². The van der Waals surface area contributed by atoms with Crippen LogP contribution in [0, 0.1) is 11.3 Å². The van der Waals surface area contributed by atoms with Gasteiger partial charge in [0, 0.05) is 13.1 Å². The highest BCUT2D eigenvalue weighted by atomic mass is 16.4. The number of nitriles is 1. The van der Waals surface area contributed by atoms with Crippen LogP contribution in [0.5, 0.6) is 0 Å². The second kappa shape index (κ2) is 10.4. The number of hydrogen-bond acceptors (Lipinski definition) is 5. The van der Waals surface area contributed by atoms with E-state index >= 15 is 0 Å². The number of carboxylic acids is 1. The van der Waals surface area contributed by atoms with Gasteiger partial charge in [0.1, 0.15) is 6.07 Å². The number of anilines is 2. The van der Waals surface area contributed by atoms with Gasteiger partial charge in [-0.2, -0.15) is 5.26 Å². The van der Waals surface area contributed by atoms with Gasteiger partial charge in [-0.3, -0.25) is 4.79 Å². The topological polar surface area (TPSA) is 97.2 Å². The second-order valence-corrected chi connectivity index (χ2v) is 8.90. The van der Waals surface area contributed by atoms with E-state index in [1.807, 2.05) is 54.6 Å². The van der Waals surface area contributed by atoms with Crippen molar-refractivity contribution in [2.75, 3.05) is 23.7 Å². The van der Waals surface area contributed by atoms with Gasteiger partial charge in [0.05, 0.1) is 34.9 Å². The first kappa shape index (κ1) is 23.3. The molecule has 4 atom stereocenters. The highest BCUT2D eigenvalue weighted by Gasteiger charge is 2.28. The summed E-state index contributed by atoms with van der Waals surface area (Å²) in [5.74, 6) is -1.17. The van der Waals surface area contributed by atoms with E-state index in [1.165, 1.54) is 5.56 Å². The fourth-order valence-corrected chi connectivity index (χ4v) is 4.46. The van der Waals surface area contributed by atoms with Crippen molar-refractivity contribution in [1.82, 2.24) is 5.32 Å². The third-order valence-corrected chi connectivity index (χ3v) is 6.58. The maximum Gasteiger partial charge on any atom is 0.310 e. The molecule has 3 aromatic carbocycles. The molecule has 0 amide bonds. The summed E-state index contributed by atoms with van der Waals surface area (Å²) in [4.78, 5) is 11.4. The fraction of sp³-hybridized carbons (Fsp3) is 0.286. The van der Waals surface area contributed by atoms with Crippen molar-refractivity contribution in [3.8, 4) is 6.07 Å². The van der Waals surface area contributed by atoms with E-state index < -0.39 is 11.9 Å². The third-order valence-electron chi connectivity index (χ3n) is 6.58. The number of nitrogens with zero attached hydrogens (tertiary/aromatic N) is 1. The van der Waals surface area contributed by atoms with Crippen LogP contribution in [0.15, 0.2) is 72.8 Å². The van der Waals surface area contributed by atoms with E-state index in [4.69, 9.17) is 0 Å². The van der Waals surface area contributed by atoms with Crippen LogP contribution >= 0.6 is 0 Å². The number of hydrogen-bond donors (Lipinski definition) is 4. The van der Waals surface area contributed by atoms with Crippen molar-refractivity contribution in [2.45, 2.75) is 37.8 Å². The third kappa shape index (κ3) is 5.05. The first-order valence-corrected chi connectivity index (χ1v) is 11.6. The molecule has 0 fully saturated rings. The number of para-hydroxylation sites is 1. The maximum absolute atomic E-state index is 11.4. The van der Waals surface area contributed by atoms with Crippen LogP contribution < -0.4 is 16.0 Å². The largest absolute Gasteiger partial charge is 0.481 e. The standard InChI is InChI=1S/C28H30N4O2/c1-18(21-10-6-11-22(14-21)19(2)28(33)34)16-31-26(20-8-4-3-5-9-20)25-17-30-24-13-7-12-23(15-29)27(24)32-25/h3-14,18-19,25-26,30-32H,16-17H2,1-2H3,(H,33,34)/t18-,19+,25+,26+/m0/s1. The van der Waals surface area contributed by atoms with E-state index in [1.54, 1.807) is 6.92 Å². The lowest BCUT2D eigenvalue weighted by atomic mass is 9.92. The van der Waals surface area contributed by atoms with E-state index in [0.717, 1.165) is 29.0 Å². The Labute approximate surface area is 200 Å². The van der Waals surface area contributed by atoms with Crippen LogP contribution in [0.3, 0.4) is 0 Å². The molecule has 6 nitrogen and oxygen atoms in total. The van der Waals surface area contributed by atoms with Crippen molar-refractivity contribution >= 4 is 17.3 Å². The average molecular weight is 455 g/mol. The van der Waals surface area contributed by atoms with Gasteiger partial charge in [-0.05, 0) is 41.7 Å². The first-order chi connectivity index (χ1) is 16.5. The van der Waals surface area contributed by atoms with Gasteiger partial charge in [0.15, 0.2) is 0 Å². The van der Waals surface area contributed by atoms with Crippen LogP contribution in [0.1, 0.15) is 54.0 Å². The Balaban J connectivity index is 1.54. The molecule has 4 N–H and O–H groups in total. The number of benzene rings is 3. The highest BCUT2D eigenvalue weighted by Crippen LogP contribution is 2.33. The minimum atomic E-state index is -0.819. The molecular formula is C28H30N4O2. The summed E-state index contributed by atoms with van der Waals surface area (Å²) < 4.78 is 0. The lowest BCUT2D eigenvalue weighted by Gasteiger charge is -2.36. The maximum atomic E-state index is 11.4. The van der Waals surface area contributed by atoms with Gasteiger partial charge in [-0.15, -0.1) is 0 Å². The summed E-state index contributed by atoms with van der Waals surface area (Å²) in [5.41, 5.74) is 5.50. The average Bonchev–Trinajstić information content (AvgIpc) is 2.88. The molecule has 0 aliphatic carbocycles. The van der Waals surface area contributed by atoms with Crippen LogP contribution in [-0.2, 0) is 4.79 Å². The van der Waals surface area contributed by atoms with Gasteiger partial charge in [-0.1, -0.05) is 67.6 Å². The molecule has 0 bridgehead atoms. The zero-order valence-electron chi connectivity index (χ0n) is 19.5. The molecule has 6 heteroatoms. The first-order valence-electron chi connectivity index (χ1n) is 11.6.